The fraction of sp³-hybridized carbons (Fsp3) is 0.0714. The van der Waals surface area contributed by atoms with Crippen molar-refractivity contribution in [3.8, 4) is 16.9 Å². The van der Waals surface area contributed by atoms with Crippen LogP contribution in [0.25, 0.3) is 11.1 Å². The largest absolute Gasteiger partial charge is 0.497 e. The number of aromatic carboxylic acids is 1. The molecule has 0 unspecified atom stereocenters. The van der Waals surface area contributed by atoms with E-state index in [-0.39, 0.29) is 10.6 Å². The minimum atomic E-state index is -1.07. The molecule has 0 aliphatic rings. The molecule has 0 saturated carbocycles. The maximum atomic E-state index is 11.1. The van der Waals surface area contributed by atoms with Gasteiger partial charge in [0, 0.05) is 5.56 Å². The van der Waals surface area contributed by atoms with Gasteiger partial charge in [0.05, 0.1) is 17.7 Å². The highest BCUT2D eigenvalue weighted by Crippen LogP contribution is 2.34. The van der Waals surface area contributed by atoms with Crippen LogP contribution >= 0.6 is 11.6 Å². The van der Waals surface area contributed by atoms with Crippen molar-refractivity contribution in [1.29, 1.82) is 0 Å². The number of benzene rings is 2. The zero-order chi connectivity index (χ0) is 13.1. The lowest BCUT2D eigenvalue weighted by molar-refractivity contribution is 0.0696. The van der Waals surface area contributed by atoms with Gasteiger partial charge in [-0.1, -0.05) is 41.9 Å². The number of ether oxygens (including phenoxy) is 1. The normalized spacial score (nSPS) is 10.1. The molecular weight excluding hydrogens is 252 g/mol. The molecule has 0 radical (unpaired) electrons. The van der Waals surface area contributed by atoms with Crippen molar-refractivity contribution in [2.45, 2.75) is 0 Å². The van der Waals surface area contributed by atoms with Crippen LogP contribution in [0.15, 0.2) is 42.5 Å². The van der Waals surface area contributed by atoms with Crippen LogP contribution in [0.1, 0.15) is 10.4 Å². The second-order valence-corrected chi connectivity index (χ2v) is 4.09. The van der Waals surface area contributed by atoms with E-state index in [4.69, 9.17) is 21.4 Å². The monoisotopic (exact) mass is 262 g/mol. The summed E-state index contributed by atoms with van der Waals surface area (Å²) < 4.78 is 5.10. The van der Waals surface area contributed by atoms with E-state index >= 15 is 0 Å². The Labute approximate surface area is 110 Å². The van der Waals surface area contributed by atoms with E-state index in [9.17, 15) is 4.79 Å². The quantitative estimate of drug-likeness (QED) is 0.917. The molecule has 1 N–H and O–H groups in total. The van der Waals surface area contributed by atoms with Gasteiger partial charge in [-0.2, -0.15) is 0 Å². The predicted molar refractivity (Wildman–Crippen MR) is 70.4 cm³/mol. The molecular formula is C14H11ClO3. The summed E-state index contributed by atoms with van der Waals surface area (Å²) in [6, 6.07) is 12.5. The molecule has 0 aliphatic carbocycles. The first-order valence-corrected chi connectivity index (χ1v) is 5.67. The number of halogens is 1. The lowest BCUT2D eigenvalue weighted by atomic mass is 10.0. The number of hydrogen-bond donors (Lipinski definition) is 1. The zero-order valence-corrected chi connectivity index (χ0v) is 10.4. The van der Waals surface area contributed by atoms with E-state index in [1.54, 1.807) is 6.07 Å². The molecule has 2 aromatic carbocycles. The summed E-state index contributed by atoms with van der Waals surface area (Å²) in [6.45, 7) is 0. The second kappa shape index (κ2) is 5.10. The SMILES string of the molecule is COc1cc(C(=O)O)c(Cl)c(-c2ccccc2)c1. The Morgan fingerprint density at radius 2 is 1.89 bits per heavy atom. The van der Waals surface area contributed by atoms with Crippen LogP contribution in [0.2, 0.25) is 5.02 Å². The molecule has 4 heteroatoms. The van der Waals surface area contributed by atoms with Crippen molar-refractivity contribution >= 4 is 17.6 Å². The minimum absolute atomic E-state index is 0.0369. The molecule has 0 spiro atoms. The topological polar surface area (TPSA) is 46.5 Å². The van der Waals surface area contributed by atoms with Crippen LogP contribution < -0.4 is 4.74 Å². The summed E-state index contributed by atoms with van der Waals surface area (Å²) in [7, 11) is 1.49. The van der Waals surface area contributed by atoms with E-state index in [0.717, 1.165) is 5.56 Å². The molecule has 0 aliphatic heterocycles. The van der Waals surface area contributed by atoms with Crippen molar-refractivity contribution in [2.75, 3.05) is 7.11 Å². The number of methoxy groups -OCH3 is 1. The molecule has 0 heterocycles. The summed E-state index contributed by atoms with van der Waals surface area (Å²) in [6.07, 6.45) is 0. The highest BCUT2D eigenvalue weighted by molar-refractivity contribution is 6.36. The first-order chi connectivity index (χ1) is 8.63. The smallest absolute Gasteiger partial charge is 0.337 e. The van der Waals surface area contributed by atoms with Gasteiger partial charge >= 0.3 is 5.97 Å². The van der Waals surface area contributed by atoms with E-state index in [1.165, 1.54) is 13.2 Å². The van der Waals surface area contributed by atoms with Gasteiger partial charge in [0.25, 0.3) is 0 Å². The third-order valence-electron chi connectivity index (χ3n) is 2.60. The number of hydrogen-bond acceptors (Lipinski definition) is 2. The first kappa shape index (κ1) is 12.5. The van der Waals surface area contributed by atoms with E-state index < -0.39 is 5.97 Å². The molecule has 0 fully saturated rings. The molecule has 0 saturated heterocycles. The maximum absolute atomic E-state index is 11.1. The number of rotatable bonds is 3. The minimum Gasteiger partial charge on any atom is -0.497 e. The van der Waals surface area contributed by atoms with Gasteiger partial charge in [0.1, 0.15) is 5.75 Å². The molecule has 0 aromatic heterocycles. The lowest BCUT2D eigenvalue weighted by Crippen LogP contribution is -2.00. The standard InChI is InChI=1S/C14H11ClO3/c1-18-10-7-11(9-5-3-2-4-6-9)13(15)12(8-10)14(16)17/h2-8H,1H3,(H,16,17). The van der Waals surface area contributed by atoms with Crippen LogP contribution in [0.5, 0.6) is 5.75 Å². The Morgan fingerprint density at radius 3 is 2.44 bits per heavy atom. The summed E-state index contributed by atoms with van der Waals surface area (Å²) >= 11 is 6.13. The molecule has 0 atom stereocenters. The fourth-order valence-corrected chi connectivity index (χ4v) is 2.00. The Bertz CT molecular complexity index is 579. The van der Waals surface area contributed by atoms with E-state index in [0.29, 0.717) is 11.3 Å². The zero-order valence-electron chi connectivity index (χ0n) is 9.68. The van der Waals surface area contributed by atoms with E-state index in [2.05, 4.69) is 0 Å². The van der Waals surface area contributed by atoms with Crippen LogP contribution in [-0.2, 0) is 0 Å². The first-order valence-electron chi connectivity index (χ1n) is 5.29. The predicted octanol–water partition coefficient (Wildman–Crippen LogP) is 3.71. The van der Waals surface area contributed by atoms with Gasteiger partial charge in [-0.15, -0.1) is 0 Å². The van der Waals surface area contributed by atoms with Crippen LogP contribution in [0, 0.1) is 0 Å². The third kappa shape index (κ3) is 2.31. The third-order valence-corrected chi connectivity index (χ3v) is 3.00. The summed E-state index contributed by atoms with van der Waals surface area (Å²) in [5, 5.41) is 9.33. The Morgan fingerprint density at radius 1 is 1.22 bits per heavy atom. The highest BCUT2D eigenvalue weighted by Gasteiger charge is 2.16. The average molecular weight is 263 g/mol. The van der Waals surface area contributed by atoms with Crippen molar-refractivity contribution < 1.29 is 14.6 Å². The van der Waals surface area contributed by atoms with Gasteiger partial charge in [0.2, 0.25) is 0 Å². The van der Waals surface area contributed by atoms with Crippen molar-refractivity contribution in [2.24, 2.45) is 0 Å². The van der Waals surface area contributed by atoms with Crippen molar-refractivity contribution in [3.63, 3.8) is 0 Å². The summed E-state index contributed by atoms with van der Waals surface area (Å²) in [5.41, 5.74) is 1.53. The van der Waals surface area contributed by atoms with Gasteiger partial charge in [0.15, 0.2) is 0 Å². The second-order valence-electron chi connectivity index (χ2n) is 3.71. The summed E-state index contributed by atoms with van der Waals surface area (Å²) in [5.74, 6) is -0.605. The highest BCUT2D eigenvalue weighted by atomic mass is 35.5. The Kier molecular flexibility index (Phi) is 3.53. The Hall–Kier alpha value is -2.00. The molecule has 3 nitrogen and oxygen atoms in total. The average Bonchev–Trinajstić information content (AvgIpc) is 2.39. The van der Waals surface area contributed by atoms with Crippen molar-refractivity contribution in [3.05, 3.63) is 53.1 Å². The molecule has 18 heavy (non-hydrogen) atoms. The number of carbonyl (C=O) groups is 1. The van der Waals surface area contributed by atoms with Crippen LogP contribution in [-0.4, -0.2) is 18.2 Å². The molecule has 0 bridgehead atoms. The number of carboxylic acid groups (broad SMARTS) is 1. The van der Waals surface area contributed by atoms with Gasteiger partial charge in [-0.25, -0.2) is 4.79 Å². The van der Waals surface area contributed by atoms with Gasteiger partial charge in [-0.05, 0) is 17.7 Å². The van der Waals surface area contributed by atoms with Crippen LogP contribution in [0.3, 0.4) is 0 Å². The molecule has 2 aromatic rings. The fourth-order valence-electron chi connectivity index (χ4n) is 1.70. The molecule has 2 rings (SSSR count). The number of carboxylic acids is 1. The maximum Gasteiger partial charge on any atom is 0.337 e. The van der Waals surface area contributed by atoms with Crippen molar-refractivity contribution in [1.82, 2.24) is 0 Å². The molecule has 0 amide bonds. The van der Waals surface area contributed by atoms with Crippen LogP contribution in [0.4, 0.5) is 0 Å². The lowest BCUT2D eigenvalue weighted by Gasteiger charge is -2.10. The van der Waals surface area contributed by atoms with Gasteiger partial charge in [-0.3, -0.25) is 0 Å². The van der Waals surface area contributed by atoms with Gasteiger partial charge < -0.3 is 9.84 Å². The summed E-state index contributed by atoms with van der Waals surface area (Å²) in [4.78, 5) is 11.1. The Balaban J connectivity index is 2.67. The van der Waals surface area contributed by atoms with E-state index in [1.807, 2.05) is 30.3 Å². The molecule has 92 valence electrons.